The molecule has 7 heteroatoms. The summed E-state index contributed by atoms with van der Waals surface area (Å²) < 4.78 is 1.92. The van der Waals surface area contributed by atoms with Crippen molar-refractivity contribution < 1.29 is 14.4 Å². The van der Waals surface area contributed by atoms with Gasteiger partial charge >= 0.3 is 0 Å². The Balaban J connectivity index is 1.43. The summed E-state index contributed by atoms with van der Waals surface area (Å²) in [6.07, 6.45) is 2.38. The minimum absolute atomic E-state index is 0.0766. The number of hydrogen-bond acceptors (Lipinski definition) is 3. The molecule has 0 radical (unpaired) electrons. The molecule has 0 spiro atoms. The Kier molecular flexibility index (Phi) is 6.49. The van der Waals surface area contributed by atoms with Gasteiger partial charge in [0, 0.05) is 48.1 Å². The lowest BCUT2D eigenvalue weighted by atomic mass is 10.1. The fourth-order valence-electron chi connectivity index (χ4n) is 4.37. The van der Waals surface area contributed by atoms with Gasteiger partial charge in [-0.15, -0.1) is 0 Å². The molecule has 2 heterocycles. The van der Waals surface area contributed by atoms with E-state index in [1.807, 2.05) is 80.1 Å². The Hall–Kier alpha value is -3.61. The van der Waals surface area contributed by atoms with E-state index in [4.69, 9.17) is 0 Å². The Labute approximate surface area is 194 Å². The maximum Gasteiger partial charge on any atom is 0.242 e. The molecular weight excluding hydrogens is 416 g/mol. The zero-order valence-electron chi connectivity index (χ0n) is 19.4. The van der Waals surface area contributed by atoms with Gasteiger partial charge in [-0.1, -0.05) is 17.7 Å². The van der Waals surface area contributed by atoms with Gasteiger partial charge in [0.25, 0.3) is 0 Å². The molecule has 1 aliphatic rings. The van der Waals surface area contributed by atoms with E-state index in [9.17, 15) is 14.4 Å². The number of hydrogen-bond donors (Lipinski definition) is 1. The van der Waals surface area contributed by atoms with Crippen LogP contribution in [0, 0.1) is 12.8 Å². The Morgan fingerprint density at radius 2 is 1.79 bits per heavy atom. The van der Waals surface area contributed by atoms with Gasteiger partial charge in [-0.3, -0.25) is 14.4 Å². The van der Waals surface area contributed by atoms with Gasteiger partial charge in [0.1, 0.15) is 12.5 Å². The third-order valence-corrected chi connectivity index (χ3v) is 6.33. The third kappa shape index (κ3) is 4.62. The van der Waals surface area contributed by atoms with E-state index < -0.39 is 5.92 Å². The lowest BCUT2D eigenvalue weighted by molar-refractivity contribution is -0.131. The van der Waals surface area contributed by atoms with E-state index in [0.29, 0.717) is 31.7 Å². The second kappa shape index (κ2) is 9.48. The number of anilines is 2. The summed E-state index contributed by atoms with van der Waals surface area (Å²) in [5.74, 6) is -1.07. The number of amides is 3. The molecule has 0 aliphatic carbocycles. The van der Waals surface area contributed by atoms with Crippen LogP contribution in [-0.4, -0.2) is 46.8 Å². The van der Waals surface area contributed by atoms with Crippen molar-refractivity contribution >= 4 is 40.0 Å². The molecular formula is C26H30N4O3. The van der Waals surface area contributed by atoms with Gasteiger partial charge in [-0.2, -0.15) is 0 Å². The second-order valence-corrected chi connectivity index (χ2v) is 8.44. The van der Waals surface area contributed by atoms with E-state index in [1.165, 1.54) is 0 Å². The molecule has 0 saturated carbocycles. The normalized spacial score (nSPS) is 15.8. The molecule has 3 aromatic rings. The molecule has 3 amide bonds. The van der Waals surface area contributed by atoms with Crippen LogP contribution in [0.15, 0.2) is 54.7 Å². The van der Waals surface area contributed by atoms with Crippen molar-refractivity contribution in [3.05, 3.63) is 60.3 Å². The minimum atomic E-state index is -0.696. The van der Waals surface area contributed by atoms with Crippen LogP contribution >= 0.6 is 0 Å². The number of nitrogens with one attached hydrogen (secondary N) is 1. The molecule has 1 unspecified atom stereocenters. The van der Waals surface area contributed by atoms with Crippen LogP contribution in [0.25, 0.3) is 10.9 Å². The lowest BCUT2D eigenvalue weighted by Gasteiger charge is -2.19. The number of carbonyl (C=O) groups is 3. The number of aryl methyl sites for hydroxylation is 1. The van der Waals surface area contributed by atoms with Crippen LogP contribution in [0.3, 0.4) is 0 Å². The highest BCUT2D eigenvalue weighted by Crippen LogP contribution is 2.27. The highest BCUT2D eigenvalue weighted by molar-refractivity contribution is 6.13. The molecule has 4 rings (SSSR count). The first-order valence-corrected chi connectivity index (χ1v) is 11.5. The largest absolute Gasteiger partial charge is 0.342 e. The van der Waals surface area contributed by atoms with E-state index in [2.05, 4.69) is 5.32 Å². The Morgan fingerprint density at radius 1 is 1.06 bits per heavy atom. The average molecular weight is 447 g/mol. The van der Waals surface area contributed by atoms with E-state index >= 15 is 0 Å². The van der Waals surface area contributed by atoms with Crippen LogP contribution in [0.4, 0.5) is 11.4 Å². The molecule has 172 valence electrons. The van der Waals surface area contributed by atoms with Crippen molar-refractivity contribution in [3.8, 4) is 0 Å². The quantitative estimate of drug-likeness (QED) is 0.561. The fourth-order valence-corrected chi connectivity index (χ4v) is 4.37. The van der Waals surface area contributed by atoms with Crippen LogP contribution in [-0.2, 0) is 20.9 Å². The van der Waals surface area contributed by atoms with Crippen LogP contribution in [0.2, 0.25) is 0 Å². The smallest absolute Gasteiger partial charge is 0.242 e. The monoisotopic (exact) mass is 446 g/mol. The summed E-state index contributed by atoms with van der Waals surface area (Å²) in [6, 6.07) is 15.3. The standard InChI is InChI=1S/C26H30N4O3/c1-4-28(5-2)24(31)17-29-14-12-19-16-20(8-11-23(19)29)27-25(32)22-13-15-30(26(22)33)21-9-6-18(3)7-10-21/h6-12,14,16,22H,4-5,13,15,17H2,1-3H3,(H,27,32). The lowest BCUT2D eigenvalue weighted by Crippen LogP contribution is -2.33. The summed E-state index contributed by atoms with van der Waals surface area (Å²) in [5, 5.41) is 3.83. The maximum atomic E-state index is 12.9. The molecule has 2 aromatic carbocycles. The van der Waals surface area contributed by atoms with Crippen molar-refractivity contribution in [1.29, 1.82) is 0 Å². The first kappa shape index (κ1) is 22.6. The van der Waals surface area contributed by atoms with Crippen LogP contribution in [0.5, 0.6) is 0 Å². The first-order chi connectivity index (χ1) is 15.9. The number of benzene rings is 2. The second-order valence-electron chi connectivity index (χ2n) is 8.44. The number of nitrogens with zero attached hydrogens (tertiary/aromatic N) is 3. The summed E-state index contributed by atoms with van der Waals surface area (Å²) >= 11 is 0. The number of fused-ring (bicyclic) bond motifs is 1. The van der Waals surface area contributed by atoms with Gasteiger partial charge in [0.15, 0.2) is 0 Å². The van der Waals surface area contributed by atoms with E-state index in [-0.39, 0.29) is 24.3 Å². The molecule has 1 N–H and O–H groups in total. The molecule has 7 nitrogen and oxygen atoms in total. The molecule has 0 bridgehead atoms. The van der Waals surface area contributed by atoms with Crippen molar-refractivity contribution in [2.24, 2.45) is 5.92 Å². The van der Waals surface area contributed by atoms with E-state index in [1.54, 1.807) is 9.80 Å². The number of carbonyl (C=O) groups excluding carboxylic acids is 3. The summed E-state index contributed by atoms with van der Waals surface area (Å²) in [5.41, 5.74) is 3.52. The topological polar surface area (TPSA) is 74.7 Å². The number of rotatable bonds is 7. The van der Waals surface area contributed by atoms with Crippen LogP contribution < -0.4 is 10.2 Å². The Bertz CT molecular complexity index is 1180. The SMILES string of the molecule is CCN(CC)C(=O)Cn1ccc2cc(NC(=O)C3CCN(c4ccc(C)cc4)C3=O)ccc21. The highest BCUT2D eigenvalue weighted by atomic mass is 16.2. The van der Waals surface area contributed by atoms with Gasteiger partial charge < -0.3 is 19.7 Å². The third-order valence-electron chi connectivity index (χ3n) is 6.33. The summed E-state index contributed by atoms with van der Waals surface area (Å²) in [6.45, 7) is 8.13. The Morgan fingerprint density at radius 3 is 2.48 bits per heavy atom. The van der Waals surface area contributed by atoms with Crippen molar-refractivity contribution in [1.82, 2.24) is 9.47 Å². The van der Waals surface area contributed by atoms with Gasteiger partial charge in [-0.25, -0.2) is 0 Å². The predicted molar refractivity (Wildman–Crippen MR) is 130 cm³/mol. The average Bonchev–Trinajstić information content (AvgIpc) is 3.38. The minimum Gasteiger partial charge on any atom is -0.342 e. The molecule has 1 fully saturated rings. The molecule has 1 atom stereocenters. The first-order valence-electron chi connectivity index (χ1n) is 11.5. The molecule has 33 heavy (non-hydrogen) atoms. The van der Waals surface area contributed by atoms with Crippen molar-refractivity contribution in [2.45, 2.75) is 33.7 Å². The van der Waals surface area contributed by atoms with E-state index in [0.717, 1.165) is 22.2 Å². The molecule has 1 aliphatic heterocycles. The molecule has 1 aromatic heterocycles. The maximum absolute atomic E-state index is 12.9. The summed E-state index contributed by atoms with van der Waals surface area (Å²) in [7, 11) is 0. The highest BCUT2D eigenvalue weighted by Gasteiger charge is 2.37. The predicted octanol–water partition coefficient (Wildman–Crippen LogP) is 3.81. The van der Waals surface area contributed by atoms with Crippen molar-refractivity contribution in [2.75, 3.05) is 29.9 Å². The van der Waals surface area contributed by atoms with Gasteiger partial charge in [0.2, 0.25) is 17.7 Å². The zero-order chi connectivity index (χ0) is 23.5. The summed E-state index contributed by atoms with van der Waals surface area (Å²) in [4.78, 5) is 41.7. The number of aromatic nitrogens is 1. The molecule has 1 saturated heterocycles. The van der Waals surface area contributed by atoms with Crippen molar-refractivity contribution in [3.63, 3.8) is 0 Å². The van der Waals surface area contributed by atoms with Gasteiger partial charge in [-0.05, 0) is 63.6 Å². The van der Waals surface area contributed by atoms with Gasteiger partial charge in [0.05, 0.1) is 0 Å². The fraction of sp³-hybridized carbons (Fsp3) is 0.346. The number of likely N-dealkylation sites (N-methyl/N-ethyl adjacent to an activating group) is 1. The van der Waals surface area contributed by atoms with Crippen LogP contribution in [0.1, 0.15) is 25.8 Å². The zero-order valence-corrected chi connectivity index (χ0v) is 19.4.